The second-order valence-electron chi connectivity index (χ2n) is 2.53. The predicted octanol–water partition coefficient (Wildman–Crippen LogP) is 2.19. The molecule has 0 fully saturated rings. The molecule has 1 aromatic rings. The Morgan fingerprint density at radius 2 is 2.31 bits per heavy atom. The molecule has 0 atom stereocenters. The average Bonchev–Trinajstić information content (AvgIpc) is 2.12. The van der Waals surface area contributed by atoms with E-state index in [9.17, 15) is 4.39 Å². The fourth-order valence-electron chi connectivity index (χ4n) is 0.838. The van der Waals surface area contributed by atoms with Crippen molar-refractivity contribution in [3.63, 3.8) is 0 Å². The third-order valence-electron chi connectivity index (χ3n) is 1.51. The van der Waals surface area contributed by atoms with Gasteiger partial charge in [-0.1, -0.05) is 0 Å². The van der Waals surface area contributed by atoms with E-state index in [1.165, 1.54) is 6.07 Å². The monoisotopic (exact) mass is 247 g/mol. The van der Waals surface area contributed by atoms with Gasteiger partial charge >= 0.3 is 0 Å². The summed E-state index contributed by atoms with van der Waals surface area (Å²) >= 11 is 3.07. The molecule has 72 valence electrons. The molecule has 0 saturated carbocycles. The van der Waals surface area contributed by atoms with E-state index in [2.05, 4.69) is 21.2 Å². The molecule has 0 aliphatic rings. The van der Waals surface area contributed by atoms with Gasteiger partial charge in [-0.25, -0.2) is 4.39 Å². The SMILES string of the molecule is CNCCOc1ccc(Br)c(F)c1. The molecule has 1 rings (SSSR count). The first-order chi connectivity index (χ1) is 6.24. The quantitative estimate of drug-likeness (QED) is 0.824. The zero-order valence-corrected chi connectivity index (χ0v) is 8.90. The second-order valence-corrected chi connectivity index (χ2v) is 3.38. The van der Waals surface area contributed by atoms with Crippen molar-refractivity contribution in [2.75, 3.05) is 20.2 Å². The van der Waals surface area contributed by atoms with E-state index in [0.717, 1.165) is 6.54 Å². The van der Waals surface area contributed by atoms with Crippen LogP contribution in [0.5, 0.6) is 5.75 Å². The van der Waals surface area contributed by atoms with Crippen molar-refractivity contribution in [1.29, 1.82) is 0 Å². The number of nitrogens with one attached hydrogen (secondary N) is 1. The van der Waals surface area contributed by atoms with Crippen LogP contribution < -0.4 is 10.1 Å². The highest BCUT2D eigenvalue weighted by Gasteiger charge is 2.00. The maximum atomic E-state index is 12.9. The van der Waals surface area contributed by atoms with Crippen molar-refractivity contribution in [2.24, 2.45) is 0 Å². The Morgan fingerprint density at radius 1 is 1.54 bits per heavy atom. The zero-order valence-electron chi connectivity index (χ0n) is 7.31. The van der Waals surface area contributed by atoms with Crippen molar-refractivity contribution in [2.45, 2.75) is 0 Å². The molecule has 0 bridgehead atoms. The fourth-order valence-corrected chi connectivity index (χ4v) is 1.08. The topological polar surface area (TPSA) is 21.3 Å². The fraction of sp³-hybridized carbons (Fsp3) is 0.333. The molecule has 0 unspecified atom stereocenters. The van der Waals surface area contributed by atoms with Gasteiger partial charge in [-0.15, -0.1) is 0 Å². The summed E-state index contributed by atoms with van der Waals surface area (Å²) in [5.41, 5.74) is 0. The normalized spacial score (nSPS) is 10.1. The van der Waals surface area contributed by atoms with Gasteiger partial charge in [-0.05, 0) is 35.1 Å². The molecular weight excluding hydrogens is 237 g/mol. The van der Waals surface area contributed by atoms with Gasteiger partial charge in [-0.3, -0.25) is 0 Å². The third kappa shape index (κ3) is 3.32. The van der Waals surface area contributed by atoms with Gasteiger partial charge in [0.1, 0.15) is 18.2 Å². The first-order valence-electron chi connectivity index (χ1n) is 3.96. The molecule has 4 heteroatoms. The number of benzene rings is 1. The van der Waals surface area contributed by atoms with E-state index in [1.807, 2.05) is 7.05 Å². The molecule has 0 amide bonds. The molecule has 0 aliphatic heterocycles. The highest BCUT2D eigenvalue weighted by Crippen LogP contribution is 2.20. The summed E-state index contributed by atoms with van der Waals surface area (Å²) in [7, 11) is 1.84. The standard InChI is InChI=1S/C9H11BrFNO/c1-12-4-5-13-7-2-3-8(10)9(11)6-7/h2-3,6,12H,4-5H2,1H3. The van der Waals surface area contributed by atoms with Crippen LogP contribution in [0.1, 0.15) is 0 Å². The van der Waals surface area contributed by atoms with Gasteiger partial charge in [0.25, 0.3) is 0 Å². The molecule has 0 spiro atoms. The van der Waals surface area contributed by atoms with E-state index in [-0.39, 0.29) is 5.82 Å². The summed E-state index contributed by atoms with van der Waals surface area (Å²) in [6.07, 6.45) is 0. The van der Waals surface area contributed by atoms with Gasteiger partial charge in [0, 0.05) is 12.6 Å². The first kappa shape index (κ1) is 10.5. The van der Waals surface area contributed by atoms with Gasteiger partial charge in [-0.2, -0.15) is 0 Å². The Balaban J connectivity index is 2.53. The summed E-state index contributed by atoms with van der Waals surface area (Å²) in [6.45, 7) is 1.29. The summed E-state index contributed by atoms with van der Waals surface area (Å²) in [4.78, 5) is 0. The van der Waals surface area contributed by atoms with E-state index >= 15 is 0 Å². The number of ether oxygens (including phenoxy) is 1. The minimum atomic E-state index is -0.304. The Kier molecular flexibility index (Phi) is 4.18. The predicted molar refractivity (Wildman–Crippen MR) is 53.5 cm³/mol. The van der Waals surface area contributed by atoms with Crippen LogP contribution in [-0.4, -0.2) is 20.2 Å². The summed E-state index contributed by atoms with van der Waals surface area (Å²) in [6, 6.07) is 4.71. The van der Waals surface area contributed by atoms with Crippen molar-refractivity contribution in [1.82, 2.24) is 5.32 Å². The number of hydrogen-bond donors (Lipinski definition) is 1. The van der Waals surface area contributed by atoms with Gasteiger partial charge < -0.3 is 10.1 Å². The smallest absolute Gasteiger partial charge is 0.141 e. The molecule has 1 aromatic carbocycles. The van der Waals surface area contributed by atoms with Crippen LogP contribution in [0, 0.1) is 5.82 Å². The van der Waals surface area contributed by atoms with Crippen LogP contribution in [-0.2, 0) is 0 Å². The van der Waals surface area contributed by atoms with Crippen molar-refractivity contribution in [3.8, 4) is 5.75 Å². The lowest BCUT2D eigenvalue weighted by Gasteiger charge is -2.05. The van der Waals surface area contributed by atoms with Crippen molar-refractivity contribution < 1.29 is 9.13 Å². The van der Waals surface area contributed by atoms with Crippen molar-refractivity contribution in [3.05, 3.63) is 28.5 Å². The highest BCUT2D eigenvalue weighted by molar-refractivity contribution is 9.10. The van der Waals surface area contributed by atoms with Crippen LogP contribution in [0.2, 0.25) is 0 Å². The Labute approximate surface area is 85.2 Å². The molecule has 13 heavy (non-hydrogen) atoms. The number of rotatable bonds is 4. The minimum absolute atomic E-state index is 0.304. The van der Waals surface area contributed by atoms with Crippen LogP contribution >= 0.6 is 15.9 Å². The third-order valence-corrected chi connectivity index (χ3v) is 2.15. The minimum Gasteiger partial charge on any atom is -0.492 e. The molecule has 0 aliphatic carbocycles. The Morgan fingerprint density at radius 3 is 2.92 bits per heavy atom. The first-order valence-corrected chi connectivity index (χ1v) is 4.76. The molecule has 0 aromatic heterocycles. The maximum Gasteiger partial charge on any atom is 0.141 e. The number of likely N-dealkylation sites (N-methyl/N-ethyl adjacent to an activating group) is 1. The molecule has 2 nitrogen and oxygen atoms in total. The Bertz CT molecular complexity index is 280. The highest BCUT2D eigenvalue weighted by atomic mass is 79.9. The van der Waals surface area contributed by atoms with E-state index < -0.39 is 0 Å². The van der Waals surface area contributed by atoms with Crippen LogP contribution in [0.4, 0.5) is 4.39 Å². The summed E-state index contributed by atoms with van der Waals surface area (Å²) in [5, 5.41) is 2.94. The number of hydrogen-bond acceptors (Lipinski definition) is 2. The summed E-state index contributed by atoms with van der Waals surface area (Å²) in [5.74, 6) is 0.248. The van der Waals surface area contributed by atoms with E-state index in [0.29, 0.717) is 16.8 Å². The largest absolute Gasteiger partial charge is 0.492 e. The second kappa shape index (κ2) is 5.19. The molecule has 1 N–H and O–H groups in total. The lowest BCUT2D eigenvalue weighted by atomic mass is 10.3. The zero-order chi connectivity index (χ0) is 9.68. The maximum absolute atomic E-state index is 12.9. The van der Waals surface area contributed by atoms with Crippen LogP contribution in [0.15, 0.2) is 22.7 Å². The average molecular weight is 248 g/mol. The van der Waals surface area contributed by atoms with E-state index in [1.54, 1.807) is 12.1 Å². The molecular formula is C9H11BrFNO. The van der Waals surface area contributed by atoms with Gasteiger partial charge in [0.2, 0.25) is 0 Å². The van der Waals surface area contributed by atoms with Gasteiger partial charge in [0.05, 0.1) is 4.47 Å². The Hall–Kier alpha value is -0.610. The van der Waals surface area contributed by atoms with Gasteiger partial charge in [0.15, 0.2) is 0 Å². The van der Waals surface area contributed by atoms with Crippen molar-refractivity contribution >= 4 is 15.9 Å². The lowest BCUT2D eigenvalue weighted by molar-refractivity contribution is 0.316. The molecule has 0 radical (unpaired) electrons. The lowest BCUT2D eigenvalue weighted by Crippen LogP contribution is -2.15. The summed E-state index contributed by atoms with van der Waals surface area (Å²) < 4.78 is 18.7. The molecule has 0 saturated heterocycles. The molecule has 0 heterocycles. The van der Waals surface area contributed by atoms with E-state index in [4.69, 9.17) is 4.74 Å². The van der Waals surface area contributed by atoms with Crippen LogP contribution in [0.3, 0.4) is 0 Å². The number of halogens is 2. The van der Waals surface area contributed by atoms with Crippen LogP contribution in [0.25, 0.3) is 0 Å².